The second-order valence-corrected chi connectivity index (χ2v) is 6.92. The van der Waals surface area contributed by atoms with Gasteiger partial charge in [0.25, 0.3) is 5.91 Å². The van der Waals surface area contributed by atoms with Crippen molar-refractivity contribution in [1.82, 2.24) is 9.88 Å². The number of nitrogens with zero attached hydrogens (tertiary/aromatic N) is 2. The minimum atomic E-state index is -0.565. The monoisotopic (exact) mass is 457 g/mol. The molecule has 9 heteroatoms. The van der Waals surface area contributed by atoms with Crippen LogP contribution in [-0.2, 0) is 6.42 Å². The fraction of sp³-hybridized carbons (Fsp3) is 0.429. The third-order valence-corrected chi connectivity index (χ3v) is 4.91. The Kier molecular flexibility index (Phi) is 10.9. The first-order valence-electron chi connectivity index (χ1n) is 9.50. The molecule has 0 aliphatic carbocycles. The molecule has 166 valence electrons. The van der Waals surface area contributed by atoms with E-state index in [1.807, 2.05) is 18.2 Å². The van der Waals surface area contributed by atoms with Crippen LogP contribution in [0.15, 0.2) is 42.6 Å². The average Bonchev–Trinajstić information content (AvgIpc) is 3.08. The van der Waals surface area contributed by atoms with Crippen LogP contribution in [0, 0.1) is 5.92 Å². The number of rotatable bonds is 8. The van der Waals surface area contributed by atoms with Crippen molar-refractivity contribution in [2.45, 2.75) is 18.9 Å². The number of aromatic nitrogens is 1. The average molecular weight is 458 g/mol. The summed E-state index contributed by atoms with van der Waals surface area (Å²) in [5.74, 6) is 0.931. The number of methoxy groups -OCH3 is 1. The fourth-order valence-corrected chi connectivity index (χ4v) is 3.38. The summed E-state index contributed by atoms with van der Waals surface area (Å²) in [6, 6.07) is 10.9. The molecule has 1 fully saturated rings. The minimum Gasteiger partial charge on any atom is -0.493 e. The van der Waals surface area contributed by atoms with Crippen molar-refractivity contribution < 1.29 is 19.4 Å². The van der Waals surface area contributed by atoms with Crippen LogP contribution in [0.1, 0.15) is 22.5 Å². The van der Waals surface area contributed by atoms with Gasteiger partial charge >= 0.3 is 0 Å². The highest BCUT2D eigenvalue weighted by Crippen LogP contribution is 2.30. The van der Waals surface area contributed by atoms with Gasteiger partial charge in [-0.15, -0.1) is 24.8 Å². The van der Waals surface area contributed by atoms with E-state index in [1.165, 1.54) is 0 Å². The maximum Gasteiger partial charge on any atom is 0.254 e. The van der Waals surface area contributed by atoms with Crippen LogP contribution < -0.4 is 15.2 Å². The number of nitrogens with two attached hydrogens (primary N) is 1. The Morgan fingerprint density at radius 2 is 2.03 bits per heavy atom. The summed E-state index contributed by atoms with van der Waals surface area (Å²) in [6.07, 6.45) is 2.53. The number of likely N-dealkylation sites (tertiary alicyclic amines) is 1. The molecule has 2 atom stereocenters. The zero-order valence-corrected chi connectivity index (χ0v) is 18.5. The summed E-state index contributed by atoms with van der Waals surface area (Å²) in [5.41, 5.74) is 6.93. The van der Waals surface area contributed by atoms with Gasteiger partial charge in [-0.3, -0.25) is 9.78 Å². The van der Waals surface area contributed by atoms with Crippen LogP contribution in [0.25, 0.3) is 0 Å². The van der Waals surface area contributed by atoms with Crippen molar-refractivity contribution in [2.24, 2.45) is 11.7 Å². The maximum absolute atomic E-state index is 13.0. The summed E-state index contributed by atoms with van der Waals surface area (Å²) >= 11 is 0. The van der Waals surface area contributed by atoms with Crippen LogP contribution >= 0.6 is 24.8 Å². The van der Waals surface area contributed by atoms with Crippen LogP contribution in [0.3, 0.4) is 0 Å². The lowest BCUT2D eigenvalue weighted by Gasteiger charge is -2.18. The molecule has 3 rings (SSSR count). The van der Waals surface area contributed by atoms with Gasteiger partial charge in [-0.1, -0.05) is 6.07 Å². The highest BCUT2D eigenvalue weighted by atomic mass is 35.5. The summed E-state index contributed by atoms with van der Waals surface area (Å²) < 4.78 is 11.0. The number of carbonyl (C=O) groups is 1. The third kappa shape index (κ3) is 6.47. The van der Waals surface area contributed by atoms with Gasteiger partial charge < -0.3 is 25.2 Å². The normalized spacial score (nSPS) is 17.6. The van der Waals surface area contributed by atoms with Crippen molar-refractivity contribution in [3.8, 4) is 11.5 Å². The number of aliphatic hydroxyl groups is 1. The Morgan fingerprint density at radius 3 is 2.70 bits per heavy atom. The van der Waals surface area contributed by atoms with E-state index >= 15 is 0 Å². The minimum absolute atomic E-state index is 0. The predicted molar refractivity (Wildman–Crippen MR) is 120 cm³/mol. The Morgan fingerprint density at radius 1 is 1.23 bits per heavy atom. The number of aliphatic hydroxyl groups excluding tert-OH is 1. The van der Waals surface area contributed by atoms with Gasteiger partial charge in [0.1, 0.15) is 0 Å². The molecule has 1 saturated heterocycles. The number of halogens is 2. The largest absolute Gasteiger partial charge is 0.493 e. The molecule has 0 unspecified atom stereocenters. The fourth-order valence-electron chi connectivity index (χ4n) is 3.38. The van der Waals surface area contributed by atoms with Crippen molar-refractivity contribution >= 4 is 30.7 Å². The molecular formula is C21H29Cl2N3O4. The van der Waals surface area contributed by atoms with Crippen molar-refractivity contribution in [2.75, 3.05) is 33.4 Å². The molecule has 30 heavy (non-hydrogen) atoms. The molecule has 1 aliphatic heterocycles. The highest BCUT2D eigenvalue weighted by molar-refractivity contribution is 5.95. The van der Waals surface area contributed by atoms with E-state index < -0.39 is 6.10 Å². The smallest absolute Gasteiger partial charge is 0.254 e. The zero-order valence-electron chi connectivity index (χ0n) is 16.9. The number of amides is 1. The van der Waals surface area contributed by atoms with Gasteiger partial charge in [-0.25, -0.2) is 0 Å². The van der Waals surface area contributed by atoms with E-state index in [0.717, 1.165) is 12.1 Å². The standard InChI is InChI=1S/C21H27N3O4.2ClH/c1-27-19-7-6-15(12-20(19)28-10-4-8-22)21(26)24-13-16(18(25)14-24)11-17-5-2-3-9-23-17;;/h2-3,5-7,9,12,16,18,25H,4,8,10-11,13-14,22H2,1H3;2*1H/t16-,18-;;/m1../s1. The molecule has 1 amide bonds. The van der Waals surface area contributed by atoms with Crippen molar-refractivity contribution in [3.63, 3.8) is 0 Å². The number of hydrogen-bond acceptors (Lipinski definition) is 6. The van der Waals surface area contributed by atoms with Crippen LogP contribution in [-0.4, -0.2) is 60.4 Å². The Labute approximate surface area is 189 Å². The molecule has 0 radical (unpaired) electrons. The van der Waals surface area contributed by atoms with Gasteiger partial charge in [0, 0.05) is 36.5 Å². The van der Waals surface area contributed by atoms with Gasteiger partial charge in [0.2, 0.25) is 0 Å². The summed E-state index contributed by atoms with van der Waals surface area (Å²) in [7, 11) is 1.56. The number of carbonyl (C=O) groups excluding carboxylic acids is 1. The van der Waals surface area contributed by atoms with Crippen LogP contribution in [0.4, 0.5) is 0 Å². The lowest BCUT2D eigenvalue weighted by atomic mass is 10.00. The second-order valence-electron chi connectivity index (χ2n) is 6.92. The van der Waals surface area contributed by atoms with Gasteiger partial charge in [0.05, 0.1) is 19.8 Å². The quantitative estimate of drug-likeness (QED) is 0.590. The molecule has 1 aromatic heterocycles. The first-order valence-corrected chi connectivity index (χ1v) is 9.50. The molecule has 1 aliphatic rings. The number of benzene rings is 1. The topological polar surface area (TPSA) is 97.9 Å². The summed E-state index contributed by atoms with van der Waals surface area (Å²) in [6.45, 7) is 1.79. The third-order valence-electron chi connectivity index (χ3n) is 4.91. The number of pyridine rings is 1. The first-order chi connectivity index (χ1) is 13.6. The molecule has 0 bridgehead atoms. The first kappa shape index (κ1) is 26.0. The van der Waals surface area contributed by atoms with E-state index in [4.69, 9.17) is 15.2 Å². The zero-order chi connectivity index (χ0) is 19.9. The Bertz CT molecular complexity index is 795. The molecular weight excluding hydrogens is 429 g/mol. The van der Waals surface area contributed by atoms with E-state index in [2.05, 4.69) is 4.98 Å². The lowest BCUT2D eigenvalue weighted by molar-refractivity contribution is 0.0764. The Hall–Kier alpha value is -2.06. The molecule has 3 N–H and O–H groups in total. The van der Waals surface area contributed by atoms with E-state index in [0.29, 0.717) is 49.7 Å². The molecule has 7 nitrogen and oxygen atoms in total. The van der Waals surface area contributed by atoms with Crippen molar-refractivity contribution in [3.05, 3.63) is 53.9 Å². The molecule has 0 spiro atoms. The number of ether oxygens (including phenoxy) is 2. The van der Waals surface area contributed by atoms with Crippen LogP contribution in [0.5, 0.6) is 11.5 Å². The van der Waals surface area contributed by atoms with Crippen LogP contribution in [0.2, 0.25) is 0 Å². The lowest BCUT2D eigenvalue weighted by Crippen LogP contribution is -2.29. The molecule has 0 saturated carbocycles. The predicted octanol–water partition coefficient (Wildman–Crippen LogP) is 2.34. The Balaban J connectivity index is 0.00000225. The van der Waals surface area contributed by atoms with E-state index in [1.54, 1.807) is 36.4 Å². The number of hydrogen-bond donors (Lipinski definition) is 2. The number of β-amino-alcohol motifs (C(OH)–C–C–N with tert-alkyl or cyclic N) is 1. The van der Waals surface area contributed by atoms with E-state index in [-0.39, 0.29) is 36.6 Å². The second kappa shape index (κ2) is 12.6. The van der Waals surface area contributed by atoms with Gasteiger partial charge in [-0.05, 0) is 49.7 Å². The maximum atomic E-state index is 13.0. The SMILES string of the molecule is COc1ccc(C(=O)N2C[C@@H](Cc3ccccn3)[C@H](O)C2)cc1OCCCN.Cl.Cl. The van der Waals surface area contributed by atoms with Crippen molar-refractivity contribution in [1.29, 1.82) is 0 Å². The van der Waals surface area contributed by atoms with Gasteiger partial charge in [-0.2, -0.15) is 0 Å². The summed E-state index contributed by atoms with van der Waals surface area (Å²) in [4.78, 5) is 19.0. The molecule has 2 heterocycles. The molecule has 2 aromatic rings. The van der Waals surface area contributed by atoms with E-state index in [9.17, 15) is 9.90 Å². The summed E-state index contributed by atoms with van der Waals surface area (Å²) in [5, 5.41) is 10.4. The molecule has 1 aromatic carbocycles. The van der Waals surface area contributed by atoms with Gasteiger partial charge in [0.15, 0.2) is 11.5 Å². The highest BCUT2D eigenvalue weighted by Gasteiger charge is 2.34.